The van der Waals surface area contributed by atoms with Crippen molar-refractivity contribution in [2.75, 3.05) is 6.61 Å². The first-order valence-corrected chi connectivity index (χ1v) is 9.95. The fraction of sp³-hybridized carbons (Fsp3) is 0.409. The predicted octanol–water partition coefficient (Wildman–Crippen LogP) is 5.71. The van der Waals surface area contributed by atoms with Crippen LogP contribution >= 0.6 is 23.2 Å². The molecule has 0 aliphatic carbocycles. The van der Waals surface area contributed by atoms with Gasteiger partial charge in [0.2, 0.25) is 0 Å². The summed E-state index contributed by atoms with van der Waals surface area (Å²) in [4.78, 5) is 11.9. The second kappa shape index (κ2) is 9.06. The maximum absolute atomic E-state index is 11.9. The van der Waals surface area contributed by atoms with Gasteiger partial charge in [-0.1, -0.05) is 49.2 Å². The molecule has 0 saturated heterocycles. The van der Waals surface area contributed by atoms with Crippen LogP contribution in [0.2, 0.25) is 10.0 Å². The molecular weight excluding hydrogens is 397 g/mol. The van der Waals surface area contributed by atoms with Crippen molar-refractivity contribution in [2.45, 2.75) is 52.5 Å². The molecule has 0 aliphatic heterocycles. The molecule has 0 radical (unpaired) electrons. The number of benzene rings is 2. The summed E-state index contributed by atoms with van der Waals surface area (Å²) in [6, 6.07) is 8.84. The average Bonchev–Trinajstić information content (AvgIpc) is 2.56. The van der Waals surface area contributed by atoms with Crippen LogP contribution in [0.1, 0.15) is 57.2 Å². The van der Waals surface area contributed by atoms with E-state index in [0.29, 0.717) is 22.2 Å². The van der Waals surface area contributed by atoms with Crippen molar-refractivity contribution >= 4 is 29.1 Å². The number of carbonyl (C=O) groups is 1. The minimum Gasteiger partial charge on any atom is -0.508 e. The highest BCUT2D eigenvalue weighted by atomic mass is 35.5. The van der Waals surface area contributed by atoms with E-state index >= 15 is 0 Å². The molecule has 0 aliphatic rings. The van der Waals surface area contributed by atoms with Gasteiger partial charge in [0.25, 0.3) is 5.91 Å². The number of nitrogens with one attached hydrogen (secondary N) is 1. The number of carbonyl (C=O) groups excluding carboxylic acids is 1. The molecule has 0 bridgehead atoms. The van der Waals surface area contributed by atoms with Gasteiger partial charge in [0.05, 0.1) is 0 Å². The lowest BCUT2D eigenvalue weighted by molar-refractivity contribution is -0.124. The SMILES string of the molecule is CC(C)c1cc(Cc2c(Cl)cc(OCC(=O)NC(C)(C)C)cc2Cl)ccc1O. The molecule has 0 atom stereocenters. The number of ether oxygens (including phenoxy) is 1. The third kappa shape index (κ3) is 6.32. The smallest absolute Gasteiger partial charge is 0.258 e. The van der Waals surface area contributed by atoms with E-state index < -0.39 is 0 Å². The van der Waals surface area contributed by atoms with Crippen molar-refractivity contribution in [3.05, 3.63) is 57.1 Å². The van der Waals surface area contributed by atoms with Crippen molar-refractivity contribution in [1.29, 1.82) is 0 Å². The van der Waals surface area contributed by atoms with Crippen LogP contribution < -0.4 is 10.1 Å². The van der Waals surface area contributed by atoms with Crippen molar-refractivity contribution in [2.24, 2.45) is 0 Å². The highest BCUT2D eigenvalue weighted by Crippen LogP contribution is 2.34. The molecular formula is C22H27Cl2NO3. The molecule has 0 fully saturated rings. The number of rotatable bonds is 6. The summed E-state index contributed by atoms with van der Waals surface area (Å²) in [5.74, 6) is 0.722. The molecule has 4 nitrogen and oxygen atoms in total. The van der Waals surface area contributed by atoms with E-state index in [1.165, 1.54) is 0 Å². The van der Waals surface area contributed by atoms with Crippen LogP contribution in [-0.4, -0.2) is 23.2 Å². The van der Waals surface area contributed by atoms with Crippen molar-refractivity contribution < 1.29 is 14.6 Å². The van der Waals surface area contributed by atoms with Crippen LogP contribution in [0.4, 0.5) is 0 Å². The molecule has 28 heavy (non-hydrogen) atoms. The Balaban J connectivity index is 2.14. The molecule has 2 aromatic rings. The Bertz CT molecular complexity index is 834. The summed E-state index contributed by atoms with van der Waals surface area (Å²) < 4.78 is 5.53. The Hall–Kier alpha value is -1.91. The van der Waals surface area contributed by atoms with Gasteiger partial charge < -0.3 is 15.2 Å². The molecule has 2 rings (SSSR count). The van der Waals surface area contributed by atoms with Gasteiger partial charge >= 0.3 is 0 Å². The topological polar surface area (TPSA) is 58.6 Å². The monoisotopic (exact) mass is 423 g/mol. The van der Waals surface area contributed by atoms with Crippen molar-refractivity contribution in [1.82, 2.24) is 5.32 Å². The predicted molar refractivity (Wildman–Crippen MR) is 115 cm³/mol. The van der Waals surface area contributed by atoms with Crippen LogP contribution in [-0.2, 0) is 11.2 Å². The first-order valence-electron chi connectivity index (χ1n) is 9.20. The summed E-state index contributed by atoms with van der Waals surface area (Å²) in [6.45, 7) is 9.66. The Morgan fingerprint density at radius 1 is 1.14 bits per heavy atom. The van der Waals surface area contributed by atoms with Crippen molar-refractivity contribution in [3.63, 3.8) is 0 Å². The minimum absolute atomic E-state index is 0.112. The number of aromatic hydroxyl groups is 1. The Morgan fingerprint density at radius 2 is 1.75 bits per heavy atom. The highest BCUT2D eigenvalue weighted by molar-refractivity contribution is 6.36. The van der Waals surface area contributed by atoms with Gasteiger partial charge in [-0.15, -0.1) is 0 Å². The lowest BCUT2D eigenvalue weighted by Gasteiger charge is -2.20. The van der Waals surface area contributed by atoms with Crippen LogP contribution in [0.15, 0.2) is 30.3 Å². The van der Waals surface area contributed by atoms with Gasteiger partial charge in [-0.25, -0.2) is 0 Å². The van der Waals surface area contributed by atoms with Crippen LogP contribution in [0.5, 0.6) is 11.5 Å². The van der Waals surface area contributed by atoms with E-state index in [1.54, 1.807) is 18.2 Å². The lowest BCUT2D eigenvalue weighted by atomic mass is 9.96. The summed E-state index contributed by atoms with van der Waals surface area (Å²) in [5.41, 5.74) is 2.34. The molecule has 0 unspecified atom stereocenters. The Morgan fingerprint density at radius 3 is 2.29 bits per heavy atom. The molecule has 152 valence electrons. The zero-order valence-corrected chi connectivity index (χ0v) is 18.4. The first kappa shape index (κ1) is 22.4. The zero-order chi connectivity index (χ0) is 21.1. The van der Waals surface area contributed by atoms with Gasteiger partial charge in [0.15, 0.2) is 6.61 Å². The summed E-state index contributed by atoms with van der Waals surface area (Å²) >= 11 is 12.9. The van der Waals surface area contributed by atoms with E-state index in [2.05, 4.69) is 5.32 Å². The molecule has 0 saturated carbocycles. The molecule has 0 aromatic heterocycles. The number of phenolic OH excluding ortho intramolecular Hbond substituents is 1. The number of phenols is 1. The zero-order valence-electron chi connectivity index (χ0n) is 16.9. The molecule has 0 heterocycles. The van der Waals surface area contributed by atoms with E-state index in [1.807, 2.05) is 46.8 Å². The number of hydrogen-bond donors (Lipinski definition) is 2. The Labute approximate surface area is 176 Å². The second-order valence-corrected chi connectivity index (χ2v) is 8.99. The standard InChI is InChI=1S/C22H27Cl2NO3/c1-13(2)16-8-14(6-7-20(16)26)9-17-18(23)10-15(11-19(17)24)28-12-21(27)25-22(3,4)5/h6-8,10-11,13,26H,9,12H2,1-5H3,(H,25,27). The maximum Gasteiger partial charge on any atom is 0.258 e. The maximum atomic E-state index is 11.9. The lowest BCUT2D eigenvalue weighted by Crippen LogP contribution is -2.43. The van der Waals surface area contributed by atoms with E-state index in [0.717, 1.165) is 16.7 Å². The highest BCUT2D eigenvalue weighted by Gasteiger charge is 2.16. The van der Waals surface area contributed by atoms with Gasteiger partial charge in [0, 0.05) is 22.0 Å². The number of hydrogen-bond acceptors (Lipinski definition) is 3. The molecule has 2 N–H and O–H groups in total. The fourth-order valence-corrected chi connectivity index (χ4v) is 3.42. The second-order valence-electron chi connectivity index (χ2n) is 8.18. The van der Waals surface area contributed by atoms with Gasteiger partial charge in [-0.05, 0) is 61.6 Å². The first-order chi connectivity index (χ1) is 13.0. The largest absolute Gasteiger partial charge is 0.508 e. The van der Waals surface area contributed by atoms with Crippen LogP contribution in [0, 0.1) is 0 Å². The fourth-order valence-electron chi connectivity index (χ4n) is 2.82. The van der Waals surface area contributed by atoms with Gasteiger partial charge in [-0.2, -0.15) is 0 Å². The normalized spacial score (nSPS) is 11.6. The molecule has 2 aromatic carbocycles. The van der Waals surface area contributed by atoms with E-state index in [9.17, 15) is 9.90 Å². The van der Waals surface area contributed by atoms with Gasteiger partial charge in [0.1, 0.15) is 11.5 Å². The van der Waals surface area contributed by atoms with E-state index in [4.69, 9.17) is 27.9 Å². The van der Waals surface area contributed by atoms with Gasteiger partial charge in [-0.3, -0.25) is 4.79 Å². The molecule has 1 amide bonds. The summed E-state index contributed by atoms with van der Waals surface area (Å²) in [6.07, 6.45) is 0.530. The molecule has 0 spiro atoms. The third-order valence-electron chi connectivity index (χ3n) is 4.09. The third-order valence-corrected chi connectivity index (χ3v) is 4.77. The summed E-state index contributed by atoms with van der Waals surface area (Å²) in [7, 11) is 0. The van der Waals surface area contributed by atoms with Crippen molar-refractivity contribution in [3.8, 4) is 11.5 Å². The summed E-state index contributed by atoms with van der Waals surface area (Å²) in [5, 5.41) is 13.8. The number of halogens is 2. The van der Waals surface area contributed by atoms with Crippen LogP contribution in [0.25, 0.3) is 0 Å². The average molecular weight is 424 g/mol. The van der Waals surface area contributed by atoms with Crippen LogP contribution in [0.3, 0.4) is 0 Å². The molecule has 6 heteroatoms. The number of amides is 1. The Kier molecular flexibility index (Phi) is 7.24. The quantitative estimate of drug-likeness (QED) is 0.625. The van der Waals surface area contributed by atoms with E-state index in [-0.39, 0.29) is 29.7 Å². The minimum atomic E-state index is -0.321.